The van der Waals surface area contributed by atoms with Gasteiger partial charge in [0.05, 0.1) is 11.1 Å². The van der Waals surface area contributed by atoms with Gasteiger partial charge >= 0.3 is 0 Å². The third-order valence-corrected chi connectivity index (χ3v) is 2.68. The zero-order chi connectivity index (χ0) is 8.97. The molecule has 12 heavy (non-hydrogen) atoms. The topological polar surface area (TPSA) is 46.2 Å². The van der Waals surface area contributed by atoms with Crippen LogP contribution in [0.2, 0.25) is 0 Å². The summed E-state index contributed by atoms with van der Waals surface area (Å²) in [4.78, 5) is 0.431. The van der Waals surface area contributed by atoms with Crippen molar-refractivity contribution in [2.75, 3.05) is 0 Å². The molecule has 3 heteroatoms. The largest absolute Gasteiger partial charge is 0.393 e. The lowest BCUT2D eigenvalue weighted by molar-refractivity contribution is 0.150. The number of hydrogen-bond donors (Lipinski definition) is 2. The summed E-state index contributed by atoms with van der Waals surface area (Å²) in [6.45, 7) is 0. The molecule has 0 amide bonds. The maximum atomic E-state index is 9.51. The van der Waals surface area contributed by atoms with E-state index in [1.807, 2.05) is 0 Å². The molecule has 70 valence electrons. The Morgan fingerprint density at radius 3 is 2.58 bits per heavy atom. The molecule has 1 aliphatic rings. The third kappa shape index (κ3) is 3.50. The van der Waals surface area contributed by atoms with Gasteiger partial charge in [-0.15, -0.1) is 0 Å². The molecule has 1 unspecified atom stereocenters. The van der Waals surface area contributed by atoms with Crippen molar-refractivity contribution in [3.05, 3.63) is 0 Å². The van der Waals surface area contributed by atoms with E-state index in [1.54, 1.807) is 0 Å². The Hall–Kier alpha value is -0.150. The average molecular weight is 187 g/mol. The molecule has 1 saturated carbocycles. The number of aliphatic hydroxyl groups excluding tert-OH is 1. The van der Waals surface area contributed by atoms with Gasteiger partial charge in [-0.3, -0.25) is 0 Å². The van der Waals surface area contributed by atoms with Gasteiger partial charge in [0.2, 0.25) is 0 Å². The fourth-order valence-electron chi connectivity index (χ4n) is 1.95. The van der Waals surface area contributed by atoms with E-state index in [0.29, 0.717) is 17.3 Å². The quantitative estimate of drug-likeness (QED) is 0.657. The summed E-state index contributed by atoms with van der Waals surface area (Å²) in [5, 5.41) is 9.51. The second kappa shape index (κ2) is 4.77. The fraction of sp³-hybridized carbons (Fsp3) is 0.889. The molecule has 2 nitrogen and oxygen atoms in total. The molecule has 0 saturated heterocycles. The highest BCUT2D eigenvalue weighted by Crippen LogP contribution is 2.28. The van der Waals surface area contributed by atoms with E-state index in [2.05, 4.69) is 0 Å². The summed E-state index contributed by atoms with van der Waals surface area (Å²) >= 11 is 4.73. The van der Waals surface area contributed by atoms with Gasteiger partial charge in [0.1, 0.15) is 0 Å². The smallest absolute Gasteiger partial charge is 0.0753 e. The van der Waals surface area contributed by atoms with Crippen molar-refractivity contribution < 1.29 is 5.11 Å². The van der Waals surface area contributed by atoms with Crippen molar-refractivity contribution in [2.45, 2.75) is 44.6 Å². The Morgan fingerprint density at radius 1 is 1.50 bits per heavy atom. The van der Waals surface area contributed by atoms with Crippen molar-refractivity contribution in [1.29, 1.82) is 0 Å². The van der Waals surface area contributed by atoms with E-state index in [0.717, 1.165) is 6.42 Å². The van der Waals surface area contributed by atoms with Crippen molar-refractivity contribution in [1.82, 2.24) is 0 Å². The van der Waals surface area contributed by atoms with Crippen LogP contribution in [0, 0.1) is 5.92 Å². The minimum Gasteiger partial charge on any atom is -0.393 e. The summed E-state index contributed by atoms with van der Waals surface area (Å²) in [6.07, 6.45) is 6.27. The Bertz CT molecular complexity index is 155. The molecule has 1 atom stereocenters. The van der Waals surface area contributed by atoms with E-state index in [9.17, 15) is 5.11 Å². The number of nitrogens with two attached hydrogens (primary N) is 1. The summed E-state index contributed by atoms with van der Waals surface area (Å²) in [6, 6.07) is 0. The Balaban J connectivity index is 2.16. The minimum absolute atomic E-state index is 0.300. The van der Waals surface area contributed by atoms with Crippen molar-refractivity contribution in [2.24, 2.45) is 11.7 Å². The average Bonchev–Trinajstić information content (AvgIpc) is 2.37. The third-order valence-electron chi connectivity index (χ3n) is 2.52. The van der Waals surface area contributed by atoms with E-state index in [-0.39, 0.29) is 6.10 Å². The normalized spacial score (nSPS) is 21.1. The maximum absolute atomic E-state index is 9.51. The Labute approximate surface area is 79.1 Å². The number of thiocarbonyl (C=S) groups is 1. The number of rotatable bonds is 4. The highest BCUT2D eigenvalue weighted by atomic mass is 32.1. The van der Waals surface area contributed by atoms with Crippen molar-refractivity contribution in [3.63, 3.8) is 0 Å². The molecule has 0 aliphatic heterocycles. The fourth-order valence-corrected chi connectivity index (χ4v) is 2.14. The molecule has 0 bridgehead atoms. The van der Waals surface area contributed by atoms with Gasteiger partial charge in [-0.1, -0.05) is 37.9 Å². The standard InChI is InChI=1S/C9H17NOS/c10-9(12)6-8(11)5-7-3-1-2-4-7/h7-8,11H,1-6H2,(H2,10,12). The van der Waals surface area contributed by atoms with Crippen molar-refractivity contribution in [3.8, 4) is 0 Å². The lowest BCUT2D eigenvalue weighted by Gasteiger charge is -2.14. The van der Waals surface area contributed by atoms with Gasteiger partial charge in [-0.2, -0.15) is 0 Å². The van der Waals surface area contributed by atoms with Crippen LogP contribution in [0.15, 0.2) is 0 Å². The monoisotopic (exact) mass is 187 g/mol. The van der Waals surface area contributed by atoms with Crippen LogP contribution in [0.4, 0.5) is 0 Å². The van der Waals surface area contributed by atoms with Crippen LogP contribution < -0.4 is 5.73 Å². The summed E-state index contributed by atoms with van der Waals surface area (Å²) in [7, 11) is 0. The zero-order valence-corrected chi connectivity index (χ0v) is 8.15. The molecular formula is C9H17NOS. The highest BCUT2D eigenvalue weighted by molar-refractivity contribution is 7.80. The van der Waals surface area contributed by atoms with E-state index in [4.69, 9.17) is 18.0 Å². The van der Waals surface area contributed by atoms with Crippen LogP contribution in [0.25, 0.3) is 0 Å². The lowest BCUT2D eigenvalue weighted by Crippen LogP contribution is -2.20. The molecule has 0 spiro atoms. The van der Waals surface area contributed by atoms with Gasteiger partial charge in [0, 0.05) is 6.42 Å². The first-order chi connectivity index (χ1) is 5.68. The van der Waals surface area contributed by atoms with E-state index < -0.39 is 0 Å². The van der Waals surface area contributed by atoms with Gasteiger partial charge in [-0.05, 0) is 12.3 Å². The maximum Gasteiger partial charge on any atom is 0.0753 e. The highest BCUT2D eigenvalue weighted by Gasteiger charge is 2.18. The molecule has 0 aromatic carbocycles. The summed E-state index contributed by atoms with van der Waals surface area (Å²) < 4.78 is 0. The molecule has 0 heterocycles. The van der Waals surface area contributed by atoms with Crippen LogP contribution in [0.5, 0.6) is 0 Å². The van der Waals surface area contributed by atoms with Crippen LogP contribution in [0.3, 0.4) is 0 Å². The van der Waals surface area contributed by atoms with E-state index >= 15 is 0 Å². The molecule has 1 fully saturated rings. The minimum atomic E-state index is -0.300. The molecule has 0 aromatic heterocycles. The van der Waals surface area contributed by atoms with Gasteiger partial charge < -0.3 is 10.8 Å². The van der Waals surface area contributed by atoms with Crippen molar-refractivity contribution >= 4 is 17.2 Å². The zero-order valence-electron chi connectivity index (χ0n) is 7.33. The van der Waals surface area contributed by atoms with Gasteiger partial charge in [0.15, 0.2) is 0 Å². The first-order valence-electron chi connectivity index (χ1n) is 4.65. The lowest BCUT2D eigenvalue weighted by atomic mass is 9.98. The number of hydrogen-bond acceptors (Lipinski definition) is 2. The molecule has 1 rings (SSSR count). The summed E-state index contributed by atoms with van der Waals surface area (Å²) in [5.41, 5.74) is 5.34. The van der Waals surface area contributed by atoms with Crippen LogP contribution in [0.1, 0.15) is 38.5 Å². The van der Waals surface area contributed by atoms with Crippen LogP contribution >= 0.6 is 12.2 Å². The van der Waals surface area contributed by atoms with E-state index in [1.165, 1.54) is 25.7 Å². The number of aliphatic hydroxyl groups is 1. The van der Waals surface area contributed by atoms with Crippen LogP contribution in [-0.2, 0) is 0 Å². The molecule has 0 radical (unpaired) electrons. The summed E-state index contributed by atoms with van der Waals surface area (Å²) in [5.74, 6) is 0.717. The Kier molecular flexibility index (Phi) is 3.95. The second-order valence-electron chi connectivity index (χ2n) is 3.71. The molecule has 0 aromatic rings. The second-order valence-corrected chi connectivity index (χ2v) is 4.23. The predicted molar refractivity (Wildman–Crippen MR) is 54.0 cm³/mol. The Morgan fingerprint density at radius 2 is 2.08 bits per heavy atom. The first-order valence-corrected chi connectivity index (χ1v) is 5.05. The predicted octanol–water partition coefficient (Wildman–Crippen LogP) is 1.60. The van der Waals surface area contributed by atoms with Gasteiger partial charge in [0.25, 0.3) is 0 Å². The van der Waals surface area contributed by atoms with Gasteiger partial charge in [-0.25, -0.2) is 0 Å². The van der Waals surface area contributed by atoms with Crippen LogP contribution in [-0.4, -0.2) is 16.2 Å². The SMILES string of the molecule is NC(=S)CC(O)CC1CCCC1. The molecular weight excluding hydrogens is 170 g/mol. The molecule has 1 aliphatic carbocycles. The molecule has 3 N–H and O–H groups in total. The first kappa shape index (κ1) is 9.93.